The molecule has 1 N–H and O–H groups in total. The number of amides is 1. The lowest BCUT2D eigenvalue weighted by atomic mass is 10.1. The molecule has 7 heteroatoms. The lowest BCUT2D eigenvalue weighted by molar-refractivity contribution is -0.119. The fraction of sp³-hybridized carbons (Fsp3) is 0.545. The van der Waals surface area contributed by atoms with Crippen molar-refractivity contribution in [2.24, 2.45) is 5.92 Å². The van der Waals surface area contributed by atoms with Crippen LogP contribution in [-0.2, 0) is 9.53 Å². The van der Waals surface area contributed by atoms with Crippen LogP contribution >= 0.6 is 11.6 Å². The topological polar surface area (TPSA) is 73.3 Å². The van der Waals surface area contributed by atoms with Crippen LogP contribution in [0.3, 0.4) is 0 Å². The van der Waals surface area contributed by atoms with Gasteiger partial charge in [-0.15, -0.1) is 0 Å². The van der Waals surface area contributed by atoms with E-state index in [2.05, 4.69) is 15.3 Å². The molecule has 0 spiro atoms. The number of methoxy groups -OCH3 is 1. The van der Waals surface area contributed by atoms with Gasteiger partial charge < -0.3 is 9.47 Å². The molecule has 1 amide bonds. The third-order valence-corrected chi connectivity index (χ3v) is 2.88. The standard InChI is InChI=1S/C11H14ClN3O3/c1-6-3-7(5-18-6)10(16)15-11-13-8(12)4-9(14-11)17-2/h4,6-7H,3,5H2,1-2H3,(H,13,14,15,16). The monoisotopic (exact) mass is 271 g/mol. The maximum Gasteiger partial charge on any atom is 0.234 e. The smallest absolute Gasteiger partial charge is 0.234 e. The van der Waals surface area contributed by atoms with E-state index in [1.807, 2.05) is 6.92 Å². The van der Waals surface area contributed by atoms with Gasteiger partial charge in [-0.05, 0) is 13.3 Å². The van der Waals surface area contributed by atoms with Gasteiger partial charge in [0.05, 0.1) is 25.7 Å². The molecule has 1 fully saturated rings. The number of nitrogens with zero attached hydrogens (tertiary/aromatic N) is 2. The molecule has 0 aromatic carbocycles. The van der Waals surface area contributed by atoms with E-state index in [9.17, 15) is 4.79 Å². The van der Waals surface area contributed by atoms with Crippen molar-refractivity contribution in [1.82, 2.24) is 9.97 Å². The first-order chi connectivity index (χ1) is 8.58. The molecule has 6 nitrogen and oxygen atoms in total. The first-order valence-electron chi connectivity index (χ1n) is 5.59. The number of aromatic nitrogens is 2. The minimum atomic E-state index is -0.173. The molecule has 2 rings (SSSR count). The van der Waals surface area contributed by atoms with Gasteiger partial charge in [0.15, 0.2) is 0 Å². The summed E-state index contributed by atoms with van der Waals surface area (Å²) in [7, 11) is 1.47. The zero-order valence-corrected chi connectivity index (χ0v) is 10.9. The van der Waals surface area contributed by atoms with Crippen LogP contribution < -0.4 is 10.1 Å². The number of hydrogen-bond donors (Lipinski definition) is 1. The summed E-state index contributed by atoms with van der Waals surface area (Å²) in [5.74, 6) is 0.113. The largest absolute Gasteiger partial charge is 0.481 e. The lowest BCUT2D eigenvalue weighted by Crippen LogP contribution is -2.24. The van der Waals surface area contributed by atoms with E-state index in [4.69, 9.17) is 21.1 Å². The van der Waals surface area contributed by atoms with Gasteiger partial charge >= 0.3 is 0 Å². The number of ether oxygens (including phenoxy) is 2. The molecule has 0 saturated carbocycles. The highest BCUT2D eigenvalue weighted by atomic mass is 35.5. The number of nitrogens with one attached hydrogen (secondary N) is 1. The number of rotatable bonds is 3. The van der Waals surface area contributed by atoms with Crippen LogP contribution in [-0.4, -0.2) is 35.7 Å². The van der Waals surface area contributed by atoms with E-state index < -0.39 is 0 Å². The average Bonchev–Trinajstić information content (AvgIpc) is 2.75. The quantitative estimate of drug-likeness (QED) is 0.844. The first kappa shape index (κ1) is 13.0. The molecule has 1 aromatic heterocycles. The van der Waals surface area contributed by atoms with Crippen molar-refractivity contribution in [2.45, 2.75) is 19.4 Å². The second-order valence-corrected chi connectivity index (χ2v) is 4.51. The predicted octanol–water partition coefficient (Wildman–Crippen LogP) is 1.50. The molecule has 1 aliphatic rings. The molecule has 2 unspecified atom stereocenters. The lowest BCUT2D eigenvalue weighted by Gasteiger charge is -2.09. The SMILES string of the molecule is COc1cc(Cl)nc(NC(=O)C2COC(C)C2)n1. The van der Waals surface area contributed by atoms with Gasteiger partial charge in [0.1, 0.15) is 5.15 Å². The maximum atomic E-state index is 11.9. The first-order valence-corrected chi connectivity index (χ1v) is 5.97. The van der Waals surface area contributed by atoms with Gasteiger partial charge in [0, 0.05) is 6.07 Å². The van der Waals surface area contributed by atoms with Crippen LogP contribution in [0.25, 0.3) is 0 Å². The van der Waals surface area contributed by atoms with Gasteiger partial charge in [0.25, 0.3) is 0 Å². The molecule has 0 radical (unpaired) electrons. The maximum absolute atomic E-state index is 11.9. The van der Waals surface area contributed by atoms with Crippen molar-refractivity contribution in [3.8, 4) is 5.88 Å². The number of carbonyl (C=O) groups is 1. The van der Waals surface area contributed by atoms with Crippen molar-refractivity contribution < 1.29 is 14.3 Å². The van der Waals surface area contributed by atoms with Crippen LogP contribution in [0.1, 0.15) is 13.3 Å². The third kappa shape index (κ3) is 3.08. The highest BCUT2D eigenvalue weighted by Crippen LogP contribution is 2.21. The second kappa shape index (κ2) is 5.49. The van der Waals surface area contributed by atoms with E-state index in [1.165, 1.54) is 13.2 Å². The van der Waals surface area contributed by atoms with Crippen LogP contribution in [0.2, 0.25) is 5.15 Å². The third-order valence-electron chi connectivity index (χ3n) is 2.68. The Kier molecular flexibility index (Phi) is 3.98. The average molecular weight is 272 g/mol. The minimum absolute atomic E-state index is 0.107. The second-order valence-electron chi connectivity index (χ2n) is 4.12. The fourth-order valence-corrected chi connectivity index (χ4v) is 1.94. The Morgan fingerprint density at radius 2 is 2.39 bits per heavy atom. The Morgan fingerprint density at radius 3 is 3.00 bits per heavy atom. The van der Waals surface area contributed by atoms with Gasteiger partial charge in [-0.2, -0.15) is 4.98 Å². The summed E-state index contributed by atoms with van der Waals surface area (Å²) in [6, 6.07) is 1.47. The van der Waals surface area contributed by atoms with Crippen molar-refractivity contribution >= 4 is 23.5 Å². The Bertz CT molecular complexity index is 455. The Balaban J connectivity index is 2.04. The zero-order valence-electron chi connectivity index (χ0n) is 10.1. The Labute approximate surface area is 110 Å². The molecular weight excluding hydrogens is 258 g/mol. The Hall–Kier alpha value is -1.40. The van der Waals surface area contributed by atoms with E-state index in [-0.39, 0.29) is 29.0 Å². The van der Waals surface area contributed by atoms with Crippen molar-refractivity contribution in [3.05, 3.63) is 11.2 Å². The van der Waals surface area contributed by atoms with E-state index in [1.54, 1.807) is 0 Å². The highest BCUT2D eigenvalue weighted by molar-refractivity contribution is 6.29. The molecule has 1 aromatic rings. The van der Waals surface area contributed by atoms with Gasteiger partial charge in [-0.25, -0.2) is 4.98 Å². The van der Waals surface area contributed by atoms with Gasteiger partial charge in [-0.1, -0.05) is 11.6 Å². The van der Waals surface area contributed by atoms with E-state index >= 15 is 0 Å². The molecule has 98 valence electrons. The van der Waals surface area contributed by atoms with Gasteiger partial charge in [-0.3, -0.25) is 10.1 Å². The van der Waals surface area contributed by atoms with Crippen molar-refractivity contribution in [2.75, 3.05) is 19.0 Å². The molecular formula is C11H14ClN3O3. The number of hydrogen-bond acceptors (Lipinski definition) is 5. The summed E-state index contributed by atoms with van der Waals surface area (Å²) in [4.78, 5) is 19.8. The zero-order chi connectivity index (χ0) is 13.1. The molecule has 1 saturated heterocycles. The van der Waals surface area contributed by atoms with Crippen LogP contribution in [0.15, 0.2) is 6.07 Å². The summed E-state index contributed by atoms with van der Waals surface area (Å²) in [5, 5.41) is 2.83. The summed E-state index contributed by atoms with van der Waals surface area (Å²) in [5.41, 5.74) is 0. The molecule has 18 heavy (non-hydrogen) atoms. The molecule has 1 aliphatic heterocycles. The van der Waals surface area contributed by atoms with Crippen LogP contribution in [0.5, 0.6) is 5.88 Å². The Morgan fingerprint density at radius 1 is 1.61 bits per heavy atom. The van der Waals surface area contributed by atoms with E-state index in [0.717, 1.165) is 0 Å². The number of halogens is 1. The fourth-order valence-electron chi connectivity index (χ4n) is 1.77. The molecule has 0 bridgehead atoms. The predicted molar refractivity (Wildman–Crippen MR) is 65.7 cm³/mol. The minimum Gasteiger partial charge on any atom is -0.481 e. The number of anilines is 1. The summed E-state index contributed by atoms with van der Waals surface area (Å²) < 4.78 is 10.3. The normalized spacial score (nSPS) is 22.8. The van der Waals surface area contributed by atoms with Crippen LogP contribution in [0.4, 0.5) is 5.95 Å². The van der Waals surface area contributed by atoms with Crippen molar-refractivity contribution in [3.63, 3.8) is 0 Å². The molecule has 0 aliphatic carbocycles. The van der Waals surface area contributed by atoms with Crippen molar-refractivity contribution in [1.29, 1.82) is 0 Å². The van der Waals surface area contributed by atoms with Crippen LogP contribution in [0, 0.1) is 5.92 Å². The molecule has 2 heterocycles. The summed E-state index contributed by atoms with van der Waals surface area (Å²) in [6.07, 6.45) is 0.805. The number of carbonyl (C=O) groups excluding carboxylic acids is 1. The summed E-state index contributed by atoms with van der Waals surface area (Å²) >= 11 is 5.79. The highest BCUT2D eigenvalue weighted by Gasteiger charge is 2.28. The molecule has 2 atom stereocenters. The summed E-state index contributed by atoms with van der Waals surface area (Å²) in [6.45, 7) is 2.36. The van der Waals surface area contributed by atoms with Gasteiger partial charge in [0.2, 0.25) is 17.7 Å². The van der Waals surface area contributed by atoms with E-state index in [0.29, 0.717) is 18.9 Å².